The predicted molar refractivity (Wildman–Crippen MR) is 60.8 cm³/mol. The fourth-order valence-electron chi connectivity index (χ4n) is 1.25. The molecule has 5 nitrogen and oxygen atoms in total. The van der Waals surface area contributed by atoms with E-state index in [1.807, 2.05) is 0 Å². The van der Waals surface area contributed by atoms with Crippen molar-refractivity contribution in [2.45, 2.75) is 0 Å². The smallest absolute Gasteiger partial charge is 0.255 e. The van der Waals surface area contributed by atoms with Crippen molar-refractivity contribution in [1.82, 2.24) is 9.97 Å². The Balaban J connectivity index is 2.18. The first-order chi connectivity index (χ1) is 8.16. The Morgan fingerprint density at radius 1 is 1.29 bits per heavy atom. The highest BCUT2D eigenvalue weighted by atomic mass is 19.1. The summed E-state index contributed by atoms with van der Waals surface area (Å²) < 4.78 is 12.9. The van der Waals surface area contributed by atoms with Crippen LogP contribution < -0.4 is 11.1 Å². The first kappa shape index (κ1) is 11.0. The molecule has 1 aromatic carbocycles. The van der Waals surface area contributed by atoms with Gasteiger partial charge in [-0.1, -0.05) is 0 Å². The Hall–Kier alpha value is -2.50. The molecular weight excluding hydrogens is 223 g/mol. The van der Waals surface area contributed by atoms with Crippen LogP contribution in [0.3, 0.4) is 0 Å². The first-order valence-corrected chi connectivity index (χ1v) is 4.78. The number of carbonyl (C=O) groups is 1. The molecule has 0 radical (unpaired) electrons. The minimum absolute atomic E-state index is 0.0676. The summed E-state index contributed by atoms with van der Waals surface area (Å²) in [6.07, 6.45) is 4.26. The van der Waals surface area contributed by atoms with Crippen molar-refractivity contribution in [3.8, 4) is 0 Å². The highest BCUT2D eigenvalue weighted by molar-refractivity contribution is 6.04. The van der Waals surface area contributed by atoms with Crippen molar-refractivity contribution in [2.75, 3.05) is 11.1 Å². The zero-order valence-corrected chi connectivity index (χ0v) is 8.72. The molecule has 0 saturated carbocycles. The number of carbonyl (C=O) groups excluding carboxylic acids is 1. The lowest BCUT2D eigenvalue weighted by molar-refractivity contribution is 0.102. The van der Waals surface area contributed by atoms with E-state index in [0.717, 1.165) is 6.07 Å². The standard InChI is InChI=1S/C11H9FN4O/c12-9-2-1-7(3-10(9)13)11(17)16-8-4-14-6-15-5-8/h1-6H,13H2,(H,16,17). The summed E-state index contributed by atoms with van der Waals surface area (Å²) in [4.78, 5) is 19.2. The highest BCUT2D eigenvalue weighted by Crippen LogP contribution is 2.13. The molecule has 17 heavy (non-hydrogen) atoms. The summed E-state index contributed by atoms with van der Waals surface area (Å²) in [5.74, 6) is -0.948. The molecule has 3 N–H and O–H groups in total. The topological polar surface area (TPSA) is 80.9 Å². The molecule has 0 aliphatic heterocycles. The molecule has 1 amide bonds. The Bertz CT molecular complexity index is 544. The number of benzene rings is 1. The van der Waals surface area contributed by atoms with Gasteiger partial charge in [-0.25, -0.2) is 14.4 Å². The molecule has 0 fully saturated rings. The predicted octanol–water partition coefficient (Wildman–Crippen LogP) is 1.45. The molecule has 0 spiro atoms. The van der Waals surface area contributed by atoms with Crippen LogP contribution in [0.25, 0.3) is 0 Å². The van der Waals surface area contributed by atoms with Gasteiger partial charge in [0.1, 0.15) is 12.1 Å². The number of hydrogen-bond donors (Lipinski definition) is 2. The number of amides is 1. The summed E-state index contributed by atoms with van der Waals surface area (Å²) in [6.45, 7) is 0. The number of nitrogen functional groups attached to an aromatic ring is 1. The van der Waals surface area contributed by atoms with Crippen molar-refractivity contribution in [3.05, 3.63) is 48.3 Å². The lowest BCUT2D eigenvalue weighted by Crippen LogP contribution is -2.12. The Morgan fingerprint density at radius 2 is 2.00 bits per heavy atom. The van der Waals surface area contributed by atoms with Crippen LogP contribution in [-0.2, 0) is 0 Å². The van der Waals surface area contributed by atoms with Crippen LogP contribution in [0, 0.1) is 5.82 Å². The number of aromatic nitrogens is 2. The van der Waals surface area contributed by atoms with Gasteiger partial charge in [0.2, 0.25) is 0 Å². The molecule has 2 aromatic rings. The second-order valence-electron chi connectivity index (χ2n) is 3.32. The van der Waals surface area contributed by atoms with Crippen LogP contribution in [0.4, 0.5) is 15.8 Å². The van der Waals surface area contributed by atoms with Crippen molar-refractivity contribution >= 4 is 17.3 Å². The van der Waals surface area contributed by atoms with Gasteiger partial charge in [0.05, 0.1) is 23.8 Å². The van der Waals surface area contributed by atoms with Gasteiger partial charge in [-0.2, -0.15) is 0 Å². The number of nitrogens with zero attached hydrogens (tertiary/aromatic N) is 2. The molecule has 1 aromatic heterocycles. The molecular formula is C11H9FN4O. The van der Waals surface area contributed by atoms with Gasteiger partial charge < -0.3 is 11.1 Å². The summed E-state index contributed by atoms with van der Waals surface area (Å²) >= 11 is 0. The Kier molecular flexibility index (Phi) is 2.95. The number of anilines is 2. The molecule has 0 aliphatic carbocycles. The Labute approximate surface area is 96.5 Å². The molecule has 0 bridgehead atoms. The zero-order chi connectivity index (χ0) is 12.3. The normalized spacial score (nSPS) is 9.94. The first-order valence-electron chi connectivity index (χ1n) is 4.78. The lowest BCUT2D eigenvalue weighted by atomic mass is 10.2. The van der Waals surface area contributed by atoms with Gasteiger partial charge in [-0.15, -0.1) is 0 Å². The number of nitrogens with two attached hydrogens (primary N) is 1. The Morgan fingerprint density at radius 3 is 2.65 bits per heavy atom. The van der Waals surface area contributed by atoms with E-state index in [1.54, 1.807) is 0 Å². The van der Waals surface area contributed by atoms with Crippen LogP contribution in [-0.4, -0.2) is 15.9 Å². The minimum Gasteiger partial charge on any atom is -0.396 e. The third-order valence-corrected chi connectivity index (χ3v) is 2.08. The van der Waals surface area contributed by atoms with Gasteiger partial charge in [-0.3, -0.25) is 4.79 Å². The van der Waals surface area contributed by atoms with Crippen LogP contribution >= 0.6 is 0 Å². The summed E-state index contributed by atoms with van der Waals surface area (Å²) in [6, 6.07) is 3.77. The molecule has 0 saturated heterocycles. The maximum atomic E-state index is 12.9. The molecule has 2 rings (SSSR count). The molecule has 86 valence electrons. The average molecular weight is 232 g/mol. The van der Waals surface area contributed by atoms with E-state index in [0.29, 0.717) is 5.69 Å². The summed E-state index contributed by atoms with van der Waals surface area (Å²) in [7, 11) is 0. The van der Waals surface area contributed by atoms with Crippen molar-refractivity contribution in [2.24, 2.45) is 0 Å². The van der Waals surface area contributed by atoms with Crippen LogP contribution in [0.2, 0.25) is 0 Å². The van der Waals surface area contributed by atoms with Gasteiger partial charge in [-0.05, 0) is 18.2 Å². The zero-order valence-electron chi connectivity index (χ0n) is 8.72. The second kappa shape index (κ2) is 4.56. The highest BCUT2D eigenvalue weighted by Gasteiger charge is 2.08. The molecule has 1 heterocycles. The van der Waals surface area contributed by atoms with E-state index in [-0.39, 0.29) is 11.3 Å². The third-order valence-electron chi connectivity index (χ3n) is 2.08. The van der Waals surface area contributed by atoms with Crippen LogP contribution in [0.1, 0.15) is 10.4 Å². The van der Waals surface area contributed by atoms with Crippen molar-refractivity contribution < 1.29 is 9.18 Å². The van der Waals surface area contributed by atoms with Crippen LogP contribution in [0.5, 0.6) is 0 Å². The van der Waals surface area contributed by atoms with Gasteiger partial charge in [0, 0.05) is 5.56 Å². The monoisotopic (exact) mass is 232 g/mol. The summed E-state index contributed by atoms with van der Waals surface area (Å²) in [5.41, 5.74) is 6.03. The molecule has 0 atom stereocenters. The number of hydrogen-bond acceptors (Lipinski definition) is 4. The molecule has 0 unspecified atom stereocenters. The van der Waals surface area contributed by atoms with E-state index < -0.39 is 11.7 Å². The lowest BCUT2D eigenvalue weighted by Gasteiger charge is -2.05. The van der Waals surface area contributed by atoms with Gasteiger partial charge in [0.15, 0.2) is 0 Å². The fourth-order valence-corrected chi connectivity index (χ4v) is 1.25. The second-order valence-corrected chi connectivity index (χ2v) is 3.32. The van der Waals surface area contributed by atoms with Crippen LogP contribution in [0.15, 0.2) is 36.9 Å². The minimum atomic E-state index is -0.551. The quantitative estimate of drug-likeness (QED) is 0.768. The van der Waals surface area contributed by atoms with E-state index >= 15 is 0 Å². The van der Waals surface area contributed by atoms with E-state index in [9.17, 15) is 9.18 Å². The SMILES string of the molecule is Nc1cc(C(=O)Nc2cncnc2)ccc1F. The van der Waals surface area contributed by atoms with Gasteiger partial charge >= 0.3 is 0 Å². The van der Waals surface area contributed by atoms with E-state index in [4.69, 9.17) is 5.73 Å². The summed E-state index contributed by atoms with van der Waals surface area (Å²) in [5, 5.41) is 2.56. The van der Waals surface area contributed by atoms with E-state index in [1.165, 1.54) is 30.9 Å². The van der Waals surface area contributed by atoms with E-state index in [2.05, 4.69) is 15.3 Å². The van der Waals surface area contributed by atoms with Crippen molar-refractivity contribution in [3.63, 3.8) is 0 Å². The fraction of sp³-hybridized carbons (Fsp3) is 0. The number of nitrogens with one attached hydrogen (secondary N) is 1. The average Bonchev–Trinajstić information content (AvgIpc) is 2.34. The molecule has 6 heteroatoms. The largest absolute Gasteiger partial charge is 0.396 e. The maximum absolute atomic E-state index is 12.9. The van der Waals surface area contributed by atoms with Crippen molar-refractivity contribution in [1.29, 1.82) is 0 Å². The maximum Gasteiger partial charge on any atom is 0.255 e. The third kappa shape index (κ3) is 2.54. The van der Waals surface area contributed by atoms with Gasteiger partial charge in [0.25, 0.3) is 5.91 Å². The number of halogens is 1. The molecule has 0 aliphatic rings. The number of rotatable bonds is 2.